The first-order chi connectivity index (χ1) is 19.1. The Morgan fingerprint density at radius 1 is 1.10 bits per heavy atom. The van der Waals surface area contributed by atoms with Crippen LogP contribution in [0.5, 0.6) is 0 Å². The van der Waals surface area contributed by atoms with Gasteiger partial charge in [0.25, 0.3) is 0 Å². The number of rotatable bonds is 8. The normalized spacial score (nSPS) is 31.0. The molecule has 2 N–H and O–H groups in total. The zero-order valence-electron chi connectivity index (χ0n) is 22.1. The van der Waals surface area contributed by atoms with Gasteiger partial charge in [-0.2, -0.15) is 0 Å². The predicted molar refractivity (Wildman–Crippen MR) is 153 cm³/mol. The molecule has 39 heavy (non-hydrogen) atoms. The van der Waals surface area contributed by atoms with Gasteiger partial charge >= 0.3 is 0 Å². The molecule has 4 saturated carbocycles. The highest BCUT2D eigenvalue weighted by Gasteiger charge is 2.57. The summed E-state index contributed by atoms with van der Waals surface area (Å²) < 4.78 is 18.3. The van der Waals surface area contributed by atoms with Crippen LogP contribution < -0.4 is 5.32 Å². The molecule has 0 saturated heterocycles. The molecule has 4 fully saturated rings. The van der Waals surface area contributed by atoms with Crippen molar-refractivity contribution in [1.82, 2.24) is 14.5 Å². The lowest BCUT2D eigenvalue weighted by Crippen LogP contribution is -2.55. The number of benzene rings is 2. The Balaban J connectivity index is 0.940. The van der Waals surface area contributed by atoms with Gasteiger partial charge in [0.15, 0.2) is 5.13 Å². The van der Waals surface area contributed by atoms with Gasteiger partial charge in [0, 0.05) is 17.7 Å². The Bertz CT molecular complexity index is 1480. The third kappa shape index (κ3) is 3.87. The van der Waals surface area contributed by atoms with Crippen LogP contribution in [0, 0.1) is 34.9 Å². The molecule has 2 aromatic heterocycles. The molecule has 5 aliphatic rings. The van der Waals surface area contributed by atoms with Crippen molar-refractivity contribution in [3.8, 4) is 11.3 Å². The first-order valence-corrected chi connectivity index (χ1v) is 15.5. The highest BCUT2D eigenvalue weighted by molar-refractivity contribution is 7.22. The number of halogens is 1. The van der Waals surface area contributed by atoms with Gasteiger partial charge < -0.3 is 15.0 Å². The third-order valence-electron chi connectivity index (χ3n) is 10.6. The van der Waals surface area contributed by atoms with E-state index in [-0.39, 0.29) is 17.3 Å². The second kappa shape index (κ2) is 9.13. The minimum Gasteiger partial charge on any atom is -0.392 e. The van der Waals surface area contributed by atoms with Crippen molar-refractivity contribution in [3.05, 3.63) is 66.4 Å². The maximum Gasteiger partial charge on any atom is 0.183 e. The highest BCUT2D eigenvalue weighted by atomic mass is 32.1. The van der Waals surface area contributed by atoms with Gasteiger partial charge in [0.05, 0.1) is 40.6 Å². The van der Waals surface area contributed by atoms with E-state index >= 15 is 4.39 Å². The average molecular weight is 543 g/mol. The summed E-state index contributed by atoms with van der Waals surface area (Å²) in [5.41, 5.74) is 3.68. The number of anilines is 1. The predicted octanol–water partition coefficient (Wildman–Crippen LogP) is 7.29. The number of nitrogens with one attached hydrogen (secondary N) is 1. The minimum absolute atomic E-state index is 0.0129. The number of aromatic nitrogens is 3. The maximum absolute atomic E-state index is 15.0. The van der Waals surface area contributed by atoms with E-state index in [4.69, 9.17) is 4.98 Å². The molecule has 0 spiro atoms. The van der Waals surface area contributed by atoms with Gasteiger partial charge in [0.2, 0.25) is 0 Å². The van der Waals surface area contributed by atoms with Crippen molar-refractivity contribution in [1.29, 1.82) is 0 Å². The molecule has 7 heteroatoms. The van der Waals surface area contributed by atoms with E-state index in [1.807, 2.05) is 24.7 Å². The lowest BCUT2D eigenvalue weighted by Gasteiger charge is -2.62. The second-order valence-electron chi connectivity index (χ2n) is 12.7. The van der Waals surface area contributed by atoms with Crippen LogP contribution in [0.2, 0.25) is 0 Å². The number of thiazole rings is 1. The largest absolute Gasteiger partial charge is 0.392 e. The van der Waals surface area contributed by atoms with Crippen LogP contribution in [0.1, 0.15) is 63.0 Å². The molecule has 0 amide bonds. The van der Waals surface area contributed by atoms with Gasteiger partial charge in [-0.05, 0) is 98.7 Å². The Kier molecular flexibility index (Phi) is 5.63. The molecule has 2 aromatic carbocycles. The summed E-state index contributed by atoms with van der Waals surface area (Å²) in [5.74, 6) is 2.77. The van der Waals surface area contributed by atoms with Crippen LogP contribution in [0.25, 0.3) is 21.5 Å². The standard InChI is InChI=1S/C32H35FN4OS/c33-24-7-3-5-23-27-17-34-18-37(27)26(30(23)24)13-29(38)32-14-19-11-20(15-32)22(21(12-19)16-32)6-4-10-35-31-36-25-8-1-2-9-28(25)39-31/h1-3,5,7-9,17-22,26,29,38H,4,6,10-16H2,(H,35,36). The Labute approximate surface area is 232 Å². The zero-order valence-corrected chi connectivity index (χ0v) is 22.9. The summed E-state index contributed by atoms with van der Waals surface area (Å²) in [6.45, 7) is 0.965. The van der Waals surface area contributed by atoms with Gasteiger partial charge in [-0.3, -0.25) is 0 Å². The molecule has 4 aliphatic carbocycles. The molecule has 4 atom stereocenters. The van der Waals surface area contributed by atoms with Crippen LogP contribution in [0.15, 0.2) is 55.0 Å². The maximum atomic E-state index is 15.0. The second-order valence-corrected chi connectivity index (χ2v) is 13.7. The number of nitrogens with zero attached hydrogens (tertiary/aromatic N) is 3. The average Bonchev–Trinajstić information content (AvgIpc) is 3.63. The van der Waals surface area contributed by atoms with E-state index in [1.165, 1.54) is 24.0 Å². The first-order valence-electron chi connectivity index (χ1n) is 14.7. The fourth-order valence-electron chi connectivity index (χ4n) is 9.25. The zero-order chi connectivity index (χ0) is 26.1. The van der Waals surface area contributed by atoms with Crippen molar-refractivity contribution in [2.75, 3.05) is 11.9 Å². The number of hydrogen-bond acceptors (Lipinski definition) is 5. The van der Waals surface area contributed by atoms with Crippen LogP contribution in [-0.2, 0) is 0 Å². The molecular weight excluding hydrogens is 507 g/mol. The van der Waals surface area contributed by atoms with E-state index in [2.05, 4.69) is 33.1 Å². The van der Waals surface area contributed by atoms with Gasteiger partial charge in [-0.1, -0.05) is 35.6 Å². The fraction of sp³-hybridized carbons (Fsp3) is 0.500. The van der Waals surface area contributed by atoms with Crippen LogP contribution in [-0.4, -0.2) is 32.3 Å². The topological polar surface area (TPSA) is 63.0 Å². The molecule has 0 radical (unpaired) electrons. The summed E-state index contributed by atoms with van der Waals surface area (Å²) in [6.07, 6.45) is 12.3. The third-order valence-corrected chi connectivity index (χ3v) is 11.6. The van der Waals surface area contributed by atoms with E-state index in [0.29, 0.717) is 18.3 Å². The molecule has 202 valence electrons. The van der Waals surface area contributed by atoms with Crippen molar-refractivity contribution >= 4 is 26.7 Å². The summed E-state index contributed by atoms with van der Waals surface area (Å²) in [5, 5.41) is 16.5. The Hall–Kier alpha value is -2.77. The van der Waals surface area contributed by atoms with Crippen LogP contribution in [0.4, 0.5) is 9.52 Å². The fourth-order valence-corrected chi connectivity index (χ4v) is 10.1. The summed E-state index contributed by atoms with van der Waals surface area (Å²) in [4.78, 5) is 9.07. The Morgan fingerprint density at radius 3 is 2.79 bits per heavy atom. The van der Waals surface area contributed by atoms with Crippen molar-refractivity contribution in [3.63, 3.8) is 0 Å². The summed E-state index contributed by atoms with van der Waals surface area (Å²) >= 11 is 1.74. The molecule has 5 nitrogen and oxygen atoms in total. The van der Waals surface area contributed by atoms with Gasteiger partial charge in [-0.15, -0.1) is 0 Å². The quantitative estimate of drug-likeness (QED) is 0.230. The van der Waals surface area contributed by atoms with Crippen molar-refractivity contribution in [2.45, 2.75) is 63.5 Å². The molecule has 4 bridgehead atoms. The van der Waals surface area contributed by atoms with E-state index < -0.39 is 6.10 Å². The molecule has 4 unspecified atom stereocenters. The van der Waals surface area contributed by atoms with Crippen LogP contribution in [0.3, 0.4) is 0 Å². The van der Waals surface area contributed by atoms with E-state index in [0.717, 1.165) is 71.5 Å². The molecule has 9 rings (SSSR count). The number of fused-ring (bicyclic) bond motifs is 4. The first kappa shape index (κ1) is 24.1. The van der Waals surface area contributed by atoms with Crippen molar-refractivity contribution in [2.24, 2.45) is 29.1 Å². The number of imidazole rings is 1. The van der Waals surface area contributed by atoms with E-state index in [9.17, 15) is 5.11 Å². The SMILES string of the molecule is OC(CC1c2c(F)cccc2-c2cncn21)C12CC3CC(C1)C(CCCNc1nc4ccccc4s1)C(C3)C2. The summed E-state index contributed by atoms with van der Waals surface area (Å²) in [7, 11) is 0. The lowest BCUT2D eigenvalue weighted by atomic mass is 9.44. The number of aliphatic hydroxyl groups is 1. The summed E-state index contributed by atoms with van der Waals surface area (Å²) in [6, 6.07) is 13.5. The number of para-hydroxylation sites is 1. The number of aliphatic hydroxyl groups excluding tert-OH is 1. The molecule has 3 heterocycles. The van der Waals surface area contributed by atoms with Crippen molar-refractivity contribution < 1.29 is 9.50 Å². The lowest BCUT2D eigenvalue weighted by molar-refractivity contribution is -0.151. The monoisotopic (exact) mass is 542 g/mol. The van der Waals surface area contributed by atoms with Crippen LogP contribution >= 0.6 is 11.3 Å². The smallest absolute Gasteiger partial charge is 0.183 e. The van der Waals surface area contributed by atoms with Gasteiger partial charge in [-0.25, -0.2) is 14.4 Å². The molecule has 1 aliphatic heterocycles. The number of hydrogen-bond donors (Lipinski definition) is 2. The highest BCUT2D eigenvalue weighted by Crippen LogP contribution is 2.65. The molecular formula is C32H35FN4OS. The van der Waals surface area contributed by atoms with Gasteiger partial charge in [0.1, 0.15) is 5.82 Å². The minimum atomic E-state index is -0.418. The molecule has 4 aromatic rings. The van der Waals surface area contributed by atoms with E-state index in [1.54, 1.807) is 23.5 Å². The Morgan fingerprint density at radius 2 is 1.95 bits per heavy atom.